The second-order valence-corrected chi connectivity index (χ2v) is 7.28. The molecule has 1 aromatic carbocycles. The van der Waals surface area contributed by atoms with E-state index in [9.17, 15) is 18.0 Å². The Hall–Kier alpha value is -3.07. The average molecular weight is 436 g/mol. The number of aromatic nitrogens is 3. The van der Waals surface area contributed by atoms with Crippen molar-refractivity contribution >= 4 is 23.3 Å². The fourth-order valence-electron chi connectivity index (χ4n) is 3.41. The topological polar surface area (TPSA) is 71.8 Å². The number of nitrogens with zero attached hydrogens (tertiary/aromatic N) is 3. The lowest BCUT2D eigenvalue weighted by Crippen LogP contribution is -2.35. The lowest BCUT2D eigenvalue weighted by molar-refractivity contribution is -0.173. The summed E-state index contributed by atoms with van der Waals surface area (Å²) in [4.78, 5) is 16.5. The highest BCUT2D eigenvalue weighted by Gasteiger charge is 2.47. The normalized spacial score (nSPS) is 18.4. The zero-order valence-electron chi connectivity index (χ0n) is 15.5. The highest BCUT2D eigenvalue weighted by molar-refractivity contribution is 6.36. The zero-order chi connectivity index (χ0) is 21.3. The first-order valence-electron chi connectivity index (χ1n) is 9.18. The van der Waals surface area contributed by atoms with E-state index in [-0.39, 0.29) is 29.5 Å². The SMILES string of the molecule is O=C(NCc1cccnc1)c1nn2c(c1Cl)N[C@@H](c1ccccc1)C[C@@H]2C(F)(F)F. The lowest BCUT2D eigenvalue weighted by atomic mass is 9.97. The van der Waals surface area contributed by atoms with Crippen molar-refractivity contribution in [2.75, 3.05) is 5.32 Å². The number of carbonyl (C=O) groups is 1. The summed E-state index contributed by atoms with van der Waals surface area (Å²) < 4.78 is 42.1. The van der Waals surface area contributed by atoms with Crippen LogP contribution < -0.4 is 10.6 Å². The molecule has 0 unspecified atom stereocenters. The van der Waals surface area contributed by atoms with E-state index in [0.717, 1.165) is 10.2 Å². The Kier molecular flexibility index (Phi) is 5.38. The summed E-state index contributed by atoms with van der Waals surface area (Å²) in [7, 11) is 0. The number of fused-ring (bicyclic) bond motifs is 1. The fourth-order valence-corrected chi connectivity index (χ4v) is 3.67. The van der Waals surface area contributed by atoms with Gasteiger partial charge in [0.25, 0.3) is 5.91 Å². The molecule has 156 valence electrons. The molecule has 0 saturated carbocycles. The van der Waals surface area contributed by atoms with E-state index in [1.807, 2.05) is 0 Å². The van der Waals surface area contributed by atoms with Crippen molar-refractivity contribution in [2.45, 2.75) is 31.2 Å². The minimum absolute atomic E-state index is 0.0226. The van der Waals surface area contributed by atoms with E-state index in [4.69, 9.17) is 11.6 Å². The summed E-state index contributed by atoms with van der Waals surface area (Å²) in [6, 6.07) is 9.73. The molecule has 3 heterocycles. The second kappa shape index (κ2) is 7.98. The van der Waals surface area contributed by atoms with Crippen molar-refractivity contribution < 1.29 is 18.0 Å². The maximum atomic E-state index is 13.8. The molecule has 4 rings (SSSR count). The van der Waals surface area contributed by atoms with Crippen molar-refractivity contribution in [3.05, 3.63) is 76.7 Å². The number of amides is 1. The van der Waals surface area contributed by atoms with Crippen LogP contribution in [0.4, 0.5) is 19.0 Å². The van der Waals surface area contributed by atoms with Crippen LogP contribution >= 0.6 is 11.6 Å². The molecule has 2 aromatic heterocycles. The average Bonchev–Trinajstić information content (AvgIpc) is 3.08. The van der Waals surface area contributed by atoms with E-state index in [1.54, 1.807) is 54.9 Å². The van der Waals surface area contributed by atoms with Crippen molar-refractivity contribution in [3.8, 4) is 0 Å². The summed E-state index contributed by atoms with van der Waals surface area (Å²) in [5, 5.41) is 9.39. The van der Waals surface area contributed by atoms with Gasteiger partial charge in [-0.2, -0.15) is 18.3 Å². The van der Waals surface area contributed by atoms with Crippen LogP contribution in [0.5, 0.6) is 0 Å². The molecule has 0 radical (unpaired) electrons. The van der Waals surface area contributed by atoms with E-state index in [1.165, 1.54) is 0 Å². The van der Waals surface area contributed by atoms with Crippen LogP contribution in [0.2, 0.25) is 5.02 Å². The molecule has 0 spiro atoms. The van der Waals surface area contributed by atoms with Crippen LogP contribution in [0, 0.1) is 0 Å². The summed E-state index contributed by atoms with van der Waals surface area (Å²) in [6.45, 7) is 0.147. The predicted octanol–water partition coefficient (Wildman–Crippen LogP) is 4.52. The Morgan fingerprint density at radius 2 is 2.00 bits per heavy atom. The van der Waals surface area contributed by atoms with Gasteiger partial charge < -0.3 is 10.6 Å². The minimum Gasteiger partial charge on any atom is -0.362 e. The zero-order valence-corrected chi connectivity index (χ0v) is 16.3. The van der Waals surface area contributed by atoms with Crippen LogP contribution in [0.1, 0.15) is 40.1 Å². The third kappa shape index (κ3) is 3.97. The van der Waals surface area contributed by atoms with Gasteiger partial charge in [0.05, 0.1) is 6.04 Å². The quantitative estimate of drug-likeness (QED) is 0.632. The predicted molar refractivity (Wildman–Crippen MR) is 105 cm³/mol. The number of benzene rings is 1. The van der Waals surface area contributed by atoms with E-state index < -0.39 is 24.2 Å². The van der Waals surface area contributed by atoms with Gasteiger partial charge in [0.1, 0.15) is 10.8 Å². The van der Waals surface area contributed by atoms with Crippen molar-refractivity contribution in [3.63, 3.8) is 0 Å². The summed E-state index contributed by atoms with van der Waals surface area (Å²) in [5.41, 5.74) is 1.17. The smallest absolute Gasteiger partial charge is 0.362 e. The maximum Gasteiger partial charge on any atom is 0.410 e. The van der Waals surface area contributed by atoms with Gasteiger partial charge >= 0.3 is 6.18 Å². The number of pyridine rings is 1. The van der Waals surface area contributed by atoms with Gasteiger partial charge in [-0.05, 0) is 17.2 Å². The highest BCUT2D eigenvalue weighted by atomic mass is 35.5. The number of rotatable bonds is 4. The molecule has 2 atom stereocenters. The molecule has 0 saturated heterocycles. The molecule has 10 heteroatoms. The van der Waals surface area contributed by atoms with Crippen LogP contribution in [0.15, 0.2) is 54.9 Å². The monoisotopic (exact) mass is 435 g/mol. The third-order valence-corrected chi connectivity index (χ3v) is 5.25. The Bertz CT molecular complexity index is 1040. The number of nitrogens with one attached hydrogen (secondary N) is 2. The molecule has 3 aromatic rings. The van der Waals surface area contributed by atoms with Crippen LogP contribution in [0.25, 0.3) is 0 Å². The summed E-state index contributed by atoms with van der Waals surface area (Å²) in [5.74, 6) is -0.685. The molecule has 0 aliphatic carbocycles. The number of halogens is 4. The van der Waals surface area contributed by atoms with Gasteiger partial charge in [-0.3, -0.25) is 9.78 Å². The molecule has 1 amide bonds. The molecule has 0 bridgehead atoms. The van der Waals surface area contributed by atoms with E-state index in [2.05, 4.69) is 20.7 Å². The molecule has 1 aliphatic rings. The molecule has 6 nitrogen and oxygen atoms in total. The molecule has 30 heavy (non-hydrogen) atoms. The van der Waals surface area contributed by atoms with Gasteiger partial charge in [-0.15, -0.1) is 0 Å². The Morgan fingerprint density at radius 3 is 2.67 bits per heavy atom. The third-order valence-electron chi connectivity index (χ3n) is 4.89. The second-order valence-electron chi connectivity index (χ2n) is 6.90. The number of hydrogen-bond acceptors (Lipinski definition) is 4. The first-order chi connectivity index (χ1) is 14.3. The van der Waals surface area contributed by atoms with Gasteiger partial charge in [0.15, 0.2) is 11.7 Å². The molecule has 2 N–H and O–H groups in total. The molecular formula is C20H17ClF3N5O. The largest absolute Gasteiger partial charge is 0.410 e. The van der Waals surface area contributed by atoms with E-state index >= 15 is 0 Å². The van der Waals surface area contributed by atoms with Crippen molar-refractivity contribution in [1.29, 1.82) is 0 Å². The Balaban J connectivity index is 1.64. The minimum atomic E-state index is -4.55. The Morgan fingerprint density at radius 1 is 1.23 bits per heavy atom. The van der Waals surface area contributed by atoms with Gasteiger partial charge in [0.2, 0.25) is 0 Å². The number of carbonyl (C=O) groups excluding carboxylic acids is 1. The van der Waals surface area contributed by atoms with Crippen LogP contribution in [-0.4, -0.2) is 26.8 Å². The van der Waals surface area contributed by atoms with Gasteiger partial charge in [-0.1, -0.05) is 48.0 Å². The lowest BCUT2D eigenvalue weighted by Gasteiger charge is -2.33. The standard InChI is InChI=1S/C20H17ClF3N5O/c21-16-17(19(30)26-11-12-5-4-8-25-10-12)28-29-15(20(22,23)24)9-14(27-18(16)29)13-6-2-1-3-7-13/h1-8,10,14-15,27H,9,11H2,(H,26,30)/t14-,15-/m1/s1. The highest BCUT2D eigenvalue weighted by Crippen LogP contribution is 2.46. The van der Waals surface area contributed by atoms with Gasteiger partial charge in [0, 0.05) is 25.4 Å². The first kappa shape index (κ1) is 20.2. The van der Waals surface area contributed by atoms with Crippen molar-refractivity contribution in [1.82, 2.24) is 20.1 Å². The van der Waals surface area contributed by atoms with Gasteiger partial charge in [-0.25, -0.2) is 4.68 Å². The van der Waals surface area contributed by atoms with Crippen molar-refractivity contribution in [2.24, 2.45) is 0 Å². The number of alkyl halides is 3. The Labute approximate surface area is 175 Å². The number of hydrogen-bond donors (Lipinski definition) is 2. The van der Waals surface area contributed by atoms with Crippen LogP contribution in [0.3, 0.4) is 0 Å². The number of anilines is 1. The van der Waals surface area contributed by atoms with E-state index in [0.29, 0.717) is 5.56 Å². The molecular weight excluding hydrogens is 419 g/mol. The fraction of sp³-hybridized carbons (Fsp3) is 0.250. The van der Waals surface area contributed by atoms with Crippen LogP contribution in [-0.2, 0) is 6.54 Å². The first-order valence-corrected chi connectivity index (χ1v) is 9.55. The molecule has 1 aliphatic heterocycles. The summed E-state index contributed by atoms with van der Waals surface area (Å²) in [6.07, 6.45) is -1.65. The summed E-state index contributed by atoms with van der Waals surface area (Å²) >= 11 is 6.30. The maximum absolute atomic E-state index is 13.8. The molecule has 0 fully saturated rings.